The van der Waals surface area contributed by atoms with Crippen LogP contribution in [0.25, 0.3) is 0 Å². The smallest absolute Gasteiger partial charge is 0.261 e. The van der Waals surface area contributed by atoms with Crippen LogP contribution in [0.3, 0.4) is 0 Å². The molecule has 0 aliphatic carbocycles. The number of amides is 1. The molecule has 27 heavy (non-hydrogen) atoms. The molecule has 1 amide bonds. The topological polar surface area (TPSA) is 68.8 Å². The van der Waals surface area contributed by atoms with Crippen LogP contribution in [-0.4, -0.2) is 37.4 Å². The number of carbonyl (C=O) groups excluding carboxylic acids is 1. The molecule has 2 rings (SSSR count). The van der Waals surface area contributed by atoms with Crippen LogP contribution in [0.4, 0.5) is 5.69 Å². The second-order valence-corrected chi connectivity index (χ2v) is 5.82. The third-order valence-electron chi connectivity index (χ3n) is 3.45. The Kier molecular flexibility index (Phi) is 8.54. The summed E-state index contributed by atoms with van der Waals surface area (Å²) in [5, 5.41) is 5.84. The van der Waals surface area contributed by atoms with Crippen LogP contribution in [0.1, 0.15) is 24.2 Å². The fraction of sp³-hybridized carbons (Fsp3) is 0.300. The number of rotatable bonds is 9. The minimum absolute atomic E-state index is 0.192. The van der Waals surface area contributed by atoms with Gasteiger partial charge in [0.15, 0.2) is 5.11 Å². The van der Waals surface area contributed by atoms with E-state index in [-0.39, 0.29) is 11.0 Å². The lowest BCUT2D eigenvalue weighted by Gasteiger charge is -2.13. The van der Waals surface area contributed by atoms with Gasteiger partial charge >= 0.3 is 0 Å². The summed E-state index contributed by atoms with van der Waals surface area (Å²) >= 11 is 5.24. The van der Waals surface area contributed by atoms with E-state index in [1.807, 2.05) is 38.1 Å². The first kappa shape index (κ1) is 20.7. The van der Waals surface area contributed by atoms with E-state index in [0.717, 1.165) is 0 Å². The average Bonchev–Trinajstić information content (AvgIpc) is 2.66. The maximum Gasteiger partial charge on any atom is 0.261 e. The van der Waals surface area contributed by atoms with Gasteiger partial charge in [-0.15, -0.1) is 0 Å². The molecule has 0 aromatic heterocycles. The summed E-state index contributed by atoms with van der Waals surface area (Å²) in [6.07, 6.45) is 0. The van der Waals surface area contributed by atoms with Gasteiger partial charge in [0.1, 0.15) is 18.1 Å². The van der Waals surface area contributed by atoms with Crippen LogP contribution >= 0.6 is 12.2 Å². The SMILES string of the molecule is CCOCCOc1cccc(NC(=S)NC(=O)c2ccccc2OCC)c1. The standard InChI is InChI=1S/C20H24N2O4S/c1-3-24-12-13-26-16-9-7-8-15(14-16)21-20(27)22-19(23)17-10-5-6-11-18(17)25-4-2/h5-11,14H,3-4,12-13H2,1-2H3,(H2,21,22,23,27). The van der Waals surface area contributed by atoms with Crippen molar-refractivity contribution in [3.63, 3.8) is 0 Å². The first-order valence-corrected chi connectivity index (χ1v) is 9.19. The summed E-state index contributed by atoms with van der Waals surface area (Å²) in [6.45, 7) is 5.93. The summed E-state index contributed by atoms with van der Waals surface area (Å²) in [7, 11) is 0. The van der Waals surface area contributed by atoms with Crippen molar-refractivity contribution >= 4 is 28.9 Å². The van der Waals surface area contributed by atoms with E-state index in [2.05, 4.69) is 10.6 Å². The lowest BCUT2D eigenvalue weighted by atomic mass is 10.2. The molecule has 0 saturated carbocycles. The van der Waals surface area contributed by atoms with E-state index in [1.165, 1.54) is 0 Å². The highest BCUT2D eigenvalue weighted by Crippen LogP contribution is 2.19. The Morgan fingerprint density at radius 3 is 2.59 bits per heavy atom. The molecule has 0 fully saturated rings. The first-order valence-electron chi connectivity index (χ1n) is 8.78. The van der Waals surface area contributed by atoms with E-state index in [9.17, 15) is 4.79 Å². The van der Waals surface area contributed by atoms with Crippen molar-refractivity contribution in [2.24, 2.45) is 0 Å². The largest absolute Gasteiger partial charge is 0.493 e. The second-order valence-electron chi connectivity index (χ2n) is 5.41. The number of anilines is 1. The predicted molar refractivity (Wildman–Crippen MR) is 110 cm³/mol. The number of benzene rings is 2. The van der Waals surface area contributed by atoms with Crippen LogP contribution < -0.4 is 20.1 Å². The third kappa shape index (κ3) is 6.88. The Morgan fingerprint density at radius 1 is 1.00 bits per heavy atom. The van der Waals surface area contributed by atoms with Crippen LogP contribution in [-0.2, 0) is 4.74 Å². The molecule has 2 aromatic rings. The molecule has 0 aliphatic rings. The summed E-state index contributed by atoms with van der Waals surface area (Å²) in [4.78, 5) is 12.5. The highest BCUT2D eigenvalue weighted by Gasteiger charge is 2.13. The Labute approximate surface area is 164 Å². The van der Waals surface area contributed by atoms with Gasteiger partial charge in [0.05, 0.1) is 18.8 Å². The molecule has 0 atom stereocenters. The third-order valence-corrected chi connectivity index (χ3v) is 3.66. The molecule has 0 unspecified atom stereocenters. The number of para-hydroxylation sites is 1. The number of hydrogen-bond acceptors (Lipinski definition) is 5. The molecule has 0 spiro atoms. The fourth-order valence-electron chi connectivity index (χ4n) is 2.29. The van der Waals surface area contributed by atoms with Crippen molar-refractivity contribution in [3.05, 3.63) is 54.1 Å². The van der Waals surface area contributed by atoms with E-state index in [1.54, 1.807) is 24.3 Å². The highest BCUT2D eigenvalue weighted by atomic mass is 32.1. The Morgan fingerprint density at radius 2 is 1.81 bits per heavy atom. The average molecular weight is 388 g/mol. The van der Waals surface area contributed by atoms with Crippen molar-refractivity contribution < 1.29 is 19.0 Å². The zero-order valence-electron chi connectivity index (χ0n) is 15.5. The molecular weight excluding hydrogens is 364 g/mol. The van der Waals surface area contributed by atoms with Crippen molar-refractivity contribution in [1.29, 1.82) is 0 Å². The molecule has 2 N–H and O–H groups in total. The molecule has 144 valence electrons. The number of thiocarbonyl (C=S) groups is 1. The van der Waals surface area contributed by atoms with E-state index in [4.69, 9.17) is 26.4 Å². The Bertz CT molecular complexity index is 767. The molecule has 0 heterocycles. The van der Waals surface area contributed by atoms with Crippen LogP contribution in [0.5, 0.6) is 11.5 Å². The molecule has 2 aromatic carbocycles. The van der Waals surface area contributed by atoms with E-state index >= 15 is 0 Å². The lowest BCUT2D eigenvalue weighted by Crippen LogP contribution is -2.34. The van der Waals surface area contributed by atoms with Gasteiger partial charge in [0, 0.05) is 18.4 Å². The number of ether oxygens (including phenoxy) is 3. The molecule has 7 heteroatoms. The van der Waals surface area contributed by atoms with Gasteiger partial charge < -0.3 is 19.5 Å². The molecule has 0 bridgehead atoms. The monoisotopic (exact) mass is 388 g/mol. The Balaban J connectivity index is 1.93. The predicted octanol–water partition coefficient (Wildman–Crippen LogP) is 3.63. The summed E-state index contributed by atoms with van der Waals surface area (Å²) in [5.41, 5.74) is 1.14. The van der Waals surface area contributed by atoms with E-state index in [0.29, 0.717) is 49.2 Å². The number of nitrogens with one attached hydrogen (secondary N) is 2. The summed E-state index contributed by atoms with van der Waals surface area (Å²) in [5.74, 6) is 0.876. The van der Waals surface area contributed by atoms with Crippen LogP contribution in [0.2, 0.25) is 0 Å². The van der Waals surface area contributed by atoms with Gasteiger partial charge in [-0.3, -0.25) is 10.1 Å². The summed E-state index contributed by atoms with van der Waals surface area (Å²) < 4.78 is 16.3. The second kappa shape index (κ2) is 11.2. The van der Waals surface area contributed by atoms with Gasteiger partial charge in [0.25, 0.3) is 5.91 Å². The van der Waals surface area contributed by atoms with Gasteiger partial charge in [-0.2, -0.15) is 0 Å². The quantitative estimate of drug-likeness (QED) is 0.505. The number of carbonyl (C=O) groups is 1. The minimum atomic E-state index is -0.333. The number of hydrogen-bond donors (Lipinski definition) is 2. The minimum Gasteiger partial charge on any atom is -0.493 e. The molecule has 0 radical (unpaired) electrons. The lowest BCUT2D eigenvalue weighted by molar-refractivity contribution is 0.0974. The molecule has 0 aliphatic heterocycles. The van der Waals surface area contributed by atoms with Crippen molar-refractivity contribution in [3.8, 4) is 11.5 Å². The normalized spacial score (nSPS) is 10.1. The van der Waals surface area contributed by atoms with Crippen LogP contribution in [0, 0.1) is 0 Å². The van der Waals surface area contributed by atoms with Crippen molar-refractivity contribution in [2.45, 2.75) is 13.8 Å². The van der Waals surface area contributed by atoms with Gasteiger partial charge in [-0.05, 0) is 50.3 Å². The van der Waals surface area contributed by atoms with Gasteiger partial charge in [-0.25, -0.2) is 0 Å². The zero-order valence-corrected chi connectivity index (χ0v) is 16.3. The first-order chi connectivity index (χ1) is 13.1. The maximum atomic E-state index is 12.5. The van der Waals surface area contributed by atoms with Crippen LogP contribution in [0.15, 0.2) is 48.5 Å². The summed E-state index contributed by atoms with van der Waals surface area (Å²) in [6, 6.07) is 14.4. The van der Waals surface area contributed by atoms with Crippen molar-refractivity contribution in [1.82, 2.24) is 5.32 Å². The van der Waals surface area contributed by atoms with Crippen molar-refractivity contribution in [2.75, 3.05) is 31.7 Å². The Hall–Kier alpha value is -2.64. The fourth-order valence-corrected chi connectivity index (χ4v) is 2.51. The molecular formula is C20H24N2O4S. The van der Waals surface area contributed by atoms with E-state index < -0.39 is 0 Å². The maximum absolute atomic E-state index is 12.5. The van der Waals surface area contributed by atoms with Gasteiger partial charge in [-0.1, -0.05) is 18.2 Å². The highest BCUT2D eigenvalue weighted by molar-refractivity contribution is 7.80. The molecule has 0 saturated heterocycles. The van der Waals surface area contributed by atoms with Gasteiger partial charge in [0.2, 0.25) is 0 Å². The molecule has 6 nitrogen and oxygen atoms in total. The zero-order chi connectivity index (χ0) is 19.5.